The smallest absolute Gasteiger partial charge is 0.242 e. The molecule has 0 radical (unpaired) electrons. The van der Waals surface area contributed by atoms with E-state index in [4.69, 9.17) is 0 Å². The van der Waals surface area contributed by atoms with Crippen molar-refractivity contribution >= 4 is 23.6 Å². The molecular formula is C21H24F2N2O2S. The van der Waals surface area contributed by atoms with Gasteiger partial charge in [0.25, 0.3) is 0 Å². The van der Waals surface area contributed by atoms with Crippen molar-refractivity contribution in [3.63, 3.8) is 0 Å². The van der Waals surface area contributed by atoms with Crippen molar-refractivity contribution in [2.75, 3.05) is 12.3 Å². The Morgan fingerprint density at radius 2 is 1.79 bits per heavy atom. The van der Waals surface area contributed by atoms with Crippen LogP contribution in [-0.2, 0) is 21.9 Å². The van der Waals surface area contributed by atoms with E-state index in [-0.39, 0.29) is 29.9 Å². The second-order valence-corrected chi connectivity index (χ2v) is 7.29. The molecule has 150 valence electrons. The van der Waals surface area contributed by atoms with Gasteiger partial charge in [0.2, 0.25) is 11.8 Å². The molecule has 7 heteroatoms. The highest BCUT2D eigenvalue weighted by molar-refractivity contribution is 7.99. The highest BCUT2D eigenvalue weighted by atomic mass is 32.2. The van der Waals surface area contributed by atoms with E-state index >= 15 is 0 Å². The summed E-state index contributed by atoms with van der Waals surface area (Å²) in [6.45, 7) is 3.89. The Bertz CT molecular complexity index is 799. The van der Waals surface area contributed by atoms with Gasteiger partial charge in [-0.2, -0.15) is 0 Å². The lowest BCUT2D eigenvalue weighted by atomic mass is 10.1. The quantitative estimate of drug-likeness (QED) is 0.690. The first-order valence-corrected chi connectivity index (χ1v) is 10.2. The molecule has 0 saturated carbocycles. The van der Waals surface area contributed by atoms with Crippen molar-refractivity contribution in [3.8, 4) is 0 Å². The van der Waals surface area contributed by atoms with Crippen molar-refractivity contribution in [3.05, 3.63) is 71.3 Å². The summed E-state index contributed by atoms with van der Waals surface area (Å²) in [6, 6.07) is 11.6. The van der Waals surface area contributed by atoms with Gasteiger partial charge in [0.05, 0.1) is 5.75 Å². The molecule has 0 spiro atoms. The van der Waals surface area contributed by atoms with Crippen LogP contribution >= 0.6 is 11.8 Å². The molecule has 0 heterocycles. The zero-order valence-corrected chi connectivity index (χ0v) is 16.8. The zero-order chi connectivity index (χ0) is 20.5. The monoisotopic (exact) mass is 406 g/mol. The van der Waals surface area contributed by atoms with E-state index in [9.17, 15) is 18.4 Å². The van der Waals surface area contributed by atoms with E-state index in [0.717, 1.165) is 5.56 Å². The van der Waals surface area contributed by atoms with Crippen molar-refractivity contribution in [1.82, 2.24) is 10.2 Å². The van der Waals surface area contributed by atoms with Gasteiger partial charge in [-0.15, -0.1) is 11.8 Å². The molecule has 2 rings (SSSR count). The standard InChI is InChI=1S/C21H24F2N2O2S/c1-3-24-21(27)15(2)25(12-17-6-4-5-7-19(17)23)20(26)14-28-13-16-8-10-18(22)11-9-16/h4-11,15H,3,12-14H2,1-2H3,(H,24,27)/t15-/m0/s1. The van der Waals surface area contributed by atoms with Crippen LogP contribution in [0.3, 0.4) is 0 Å². The molecule has 0 aromatic heterocycles. The van der Waals surface area contributed by atoms with Crippen LogP contribution < -0.4 is 5.32 Å². The van der Waals surface area contributed by atoms with E-state index in [1.54, 1.807) is 44.2 Å². The average molecular weight is 406 g/mol. The van der Waals surface area contributed by atoms with Crippen molar-refractivity contribution < 1.29 is 18.4 Å². The van der Waals surface area contributed by atoms with Gasteiger partial charge in [0, 0.05) is 24.4 Å². The first-order valence-electron chi connectivity index (χ1n) is 9.05. The molecule has 4 nitrogen and oxygen atoms in total. The number of hydrogen-bond donors (Lipinski definition) is 1. The van der Waals surface area contributed by atoms with Gasteiger partial charge in [-0.1, -0.05) is 30.3 Å². The number of nitrogens with one attached hydrogen (secondary N) is 1. The summed E-state index contributed by atoms with van der Waals surface area (Å²) in [5.41, 5.74) is 1.26. The summed E-state index contributed by atoms with van der Waals surface area (Å²) in [6.07, 6.45) is 0. The van der Waals surface area contributed by atoms with Gasteiger partial charge >= 0.3 is 0 Å². The third-order valence-electron chi connectivity index (χ3n) is 4.22. The fourth-order valence-corrected chi connectivity index (χ4v) is 3.51. The minimum Gasteiger partial charge on any atom is -0.355 e. The number of thioether (sulfide) groups is 1. The molecule has 2 aromatic carbocycles. The van der Waals surface area contributed by atoms with Gasteiger partial charge < -0.3 is 10.2 Å². The van der Waals surface area contributed by atoms with Crippen molar-refractivity contribution in [1.29, 1.82) is 0 Å². The Kier molecular flexibility index (Phi) is 8.44. The topological polar surface area (TPSA) is 49.4 Å². The molecule has 1 N–H and O–H groups in total. The Balaban J connectivity index is 2.06. The molecule has 1 atom stereocenters. The fraction of sp³-hybridized carbons (Fsp3) is 0.333. The fourth-order valence-electron chi connectivity index (χ4n) is 2.63. The minimum absolute atomic E-state index is 0.0148. The molecule has 0 fully saturated rings. The van der Waals surface area contributed by atoms with Crippen molar-refractivity contribution in [2.45, 2.75) is 32.2 Å². The third kappa shape index (κ3) is 6.34. The Labute approximate surface area is 168 Å². The average Bonchev–Trinajstić information content (AvgIpc) is 2.68. The molecule has 0 aliphatic heterocycles. The maximum Gasteiger partial charge on any atom is 0.242 e. The summed E-state index contributed by atoms with van der Waals surface area (Å²) >= 11 is 1.37. The molecule has 0 bridgehead atoms. The van der Waals surface area contributed by atoms with Crippen molar-refractivity contribution in [2.24, 2.45) is 0 Å². The number of likely N-dealkylation sites (N-methyl/N-ethyl adjacent to an activating group) is 1. The number of nitrogens with zero attached hydrogens (tertiary/aromatic N) is 1. The summed E-state index contributed by atoms with van der Waals surface area (Å²) in [4.78, 5) is 26.4. The van der Waals surface area contributed by atoms with E-state index in [1.807, 2.05) is 0 Å². The summed E-state index contributed by atoms with van der Waals surface area (Å²) in [5, 5.41) is 2.70. The molecule has 0 aliphatic carbocycles. The largest absolute Gasteiger partial charge is 0.355 e. The van der Waals surface area contributed by atoms with Gasteiger partial charge in [-0.3, -0.25) is 9.59 Å². The highest BCUT2D eigenvalue weighted by Gasteiger charge is 2.26. The molecule has 2 amide bonds. The van der Waals surface area contributed by atoms with Gasteiger partial charge in [0.1, 0.15) is 17.7 Å². The predicted octanol–water partition coefficient (Wildman–Crippen LogP) is 3.75. The molecule has 28 heavy (non-hydrogen) atoms. The Hall–Kier alpha value is -2.41. The van der Waals surface area contributed by atoms with Crippen LogP contribution in [0.2, 0.25) is 0 Å². The second kappa shape index (κ2) is 10.8. The maximum atomic E-state index is 14.1. The number of carbonyl (C=O) groups excluding carboxylic acids is 2. The van der Waals surface area contributed by atoms with Crippen LogP contribution in [0.4, 0.5) is 8.78 Å². The summed E-state index contributed by atoms with van der Waals surface area (Å²) in [7, 11) is 0. The van der Waals surface area contributed by atoms with Crippen LogP contribution in [0.15, 0.2) is 48.5 Å². The Morgan fingerprint density at radius 3 is 2.43 bits per heavy atom. The SMILES string of the molecule is CCNC(=O)[C@H](C)N(Cc1ccccc1F)C(=O)CSCc1ccc(F)cc1. The first-order chi connectivity index (χ1) is 13.4. The van der Waals surface area contributed by atoms with Crippen LogP contribution in [0.25, 0.3) is 0 Å². The van der Waals surface area contributed by atoms with Gasteiger partial charge in [-0.25, -0.2) is 8.78 Å². The van der Waals surface area contributed by atoms with Gasteiger partial charge in [0.15, 0.2) is 0 Å². The van der Waals surface area contributed by atoms with E-state index in [2.05, 4.69) is 5.32 Å². The number of halogens is 2. The van der Waals surface area contributed by atoms with E-state index < -0.39 is 11.9 Å². The molecule has 0 aliphatic rings. The number of hydrogen-bond acceptors (Lipinski definition) is 3. The first kappa shape index (κ1) is 21.9. The normalized spacial score (nSPS) is 11.7. The van der Waals surface area contributed by atoms with Gasteiger partial charge in [-0.05, 0) is 37.6 Å². The maximum absolute atomic E-state index is 14.1. The second-order valence-electron chi connectivity index (χ2n) is 6.30. The number of amides is 2. The predicted molar refractivity (Wildman–Crippen MR) is 108 cm³/mol. The number of benzene rings is 2. The number of rotatable bonds is 9. The van der Waals surface area contributed by atoms with Crippen LogP contribution in [0, 0.1) is 11.6 Å². The molecule has 2 aromatic rings. The third-order valence-corrected chi connectivity index (χ3v) is 5.21. The van der Waals surface area contributed by atoms with Crippen LogP contribution in [0.1, 0.15) is 25.0 Å². The van der Waals surface area contributed by atoms with Crippen LogP contribution in [-0.4, -0.2) is 35.1 Å². The van der Waals surface area contributed by atoms with Crippen LogP contribution in [0.5, 0.6) is 0 Å². The summed E-state index contributed by atoms with van der Waals surface area (Å²) < 4.78 is 27.0. The lowest BCUT2D eigenvalue weighted by molar-refractivity contribution is -0.138. The number of carbonyl (C=O) groups is 2. The highest BCUT2D eigenvalue weighted by Crippen LogP contribution is 2.17. The molecule has 0 saturated heterocycles. The molecular weight excluding hydrogens is 382 g/mol. The lowest BCUT2D eigenvalue weighted by Crippen LogP contribution is -2.48. The van der Waals surface area contributed by atoms with E-state index in [0.29, 0.717) is 17.9 Å². The zero-order valence-electron chi connectivity index (χ0n) is 16.0. The minimum atomic E-state index is -0.724. The summed E-state index contributed by atoms with van der Waals surface area (Å²) in [5.74, 6) is -0.589. The Morgan fingerprint density at radius 1 is 1.11 bits per heavy atom. The lowest BCUT2D eigenvalue weighted by Gasteiger charge is -2.28. The van der Waals surface area contributed by atoms with E-state index in [1.165, 1.54) is 34.9 Å². The molecule has 0 unspecified atom stereocenters.